The lowest BCUT2D eigenvalue weighted by Crippen LogP contribution is -2.43. The Hall–Kier alpha value is -0.850. The number of methoxy groups -OCH3 is 1. The second-order valence-electron chi connectivity index (χ2n) is 4.09. The highest BCUT2D eigenvalue weighted by Crippen LogP contribution is 1.98. The Balaban J connectivity index is 3.50. The Kier molecular flexibility index (Phi) is 11.0. The average Bonchev–Trinajstić information content (AvgIpc) is 2.31. The van der Waals surface area contributed by atoms with E-state index in [2.05, 4.69) is 29.6 Å². The van der Waals surface area contributed by atoms with Gasteiger partial charge in [-0.15, -0.1) is 0 Å². The minimum atomic E-state index is 0.564. The molecule has 0 atom stereocenters. The summed E-state index contributed by atoms with van der Waals surface area (Å²) in [4.78, 5) is 4.22. The molecule has 4 N–H and O–H groups in total. The van der Waals surface area contributed by atoms with E-state index in [1.54, 1.807) is 7.11 Å². The molecule has 0 fully saturated rings. The van der Waals surface area contributed by atoms with Crippen molar-refractivity contribution in [3.8, 4) is 0 Å². The number of nitrogens with two attached hydrogens (primary N) is 1. The summed E-state index contributed by atoms with van der Waals surface area (Å²) in [6.45, 7) is 7.64. The molecule has 0 aromatic carbocycles. The van der Waals surface area contributed by atoms with Crippen molar-refractivity contribution in [3.05, 3.63) is 0 Å². The monoisotopic (exact) mass is 246 g/mol. The third kappa shape index (κ3) is 11.4. The molecule has 0 aliphatic heterocycles. The smallest absolute Gasteiger partial charge is 0.205 e. The van der Waals surface area contributed by atoms with E-state index in [1.807, 2.05) is 0 Å². The quantitative estimate of drug-likeness (QED) is 0.177. The van der Waals surface area contributed by atoms with Gasteiger partial charge >= 0.3 is 0 Å². The molecule has 0 heterocycles. The molecular weight excluding hydrogens is 220 g/mol. The zero-order chi connectivity index (χ0) is 12.9. The molecular formula is C11H26N4O2. The minimum Gasteiger partial charge on any atom is -0.383 e. The lowest BCUT2D eigenvalue weighted by molar-refractivity contribution is 0.130. The summed E-state index contributed by atoms with van der Waals surface area (Å²) in [6.07, 6.45) is 1.08. The topological polar surface area (TPSA) is 80.9 Å². The van der Waals surface area contributed by atoms with Crippen LogP contribution in [-0.4, -0.2) is 46.0 Å². The van der Waals surface area contributed by atoms with Crippen LogP contribution in [0.3, 0.4) is 0 Å². The first kappa shape index (κ1) is 16.1. The Morgan fingerprint density at radius 3 is 2.65 bits per heavy atom. The van der Waals surface area contributed by atoms with E-state index in [1.165, 1.54) is 0 Å². The van der Waals surface area contributed by atoms with E-state index >= 15 is 0 Å². The summed E-state index contributed by atoms with van der Waals surface area (Å²) in [6, 6.07) is 0. The molecule has 0 aliphatic rings. The summed E-state index contributed by atoms with van der Waals surface area (Å²) in [5.74, 6) is 6.55. The lowest BCUT2D eigenvalue weighted by atomic mass is 10.1. The highest BCUT2D eigenvalue weighted by atomic mass is 16.5. The van der Waals surface area contributed by atoms with Crippen molar-refractivity contribution in [3.63, 3.8) is 0 Å². The second-order valence-corrected chi connectivity index (χ2v) is 4.09. The van der Waals surface area contributed by atoms with Crippen LogP contribution in [0, 0.1) is 5.92 Å². The van der Waals surface area contributed by atoms with Gasteiger partial charge in [0.1, 0.15) is 0 Å². The maximum atomic E-state index is 5.44. The van der Waals surface area contributed by atoms with Crippen LogP contribution in [-0.2, 0) is 9.47 Å². The minimum absolute atomic E-state index is 0.564. The molecule has 6 heteroatoms. The molecule has 0 unspecified atom stereocenters. The van der Waals surface area contributed by atoms with Crippen molar-refractivity contribution in [2.24, 2.45) is 16.8 Å². The first-order valence-electron chi connectivity index (χ1n) is 6.02. The average molecular weight is 246 g/mol. The van der Waals surface area contributed by atoms with Crippen LogP contribution < -0.4 is 16.6 Å². The summed E-state index contributed by atoms with van der Waals surface area (Å²) in [7, 11) is 1.65. The van der Waals surface area contributed by atoms with E-state index in [0.717, 1.165) is 13.0 Å². The fourth-order valence-corrected chi connectivity index (χ4v) is 1.07. The third-order valence-electron chi connectivity index (χ3n) is 2.08. The van der Waals surface area contributed by atoms with Gasteiger partial charge in [-0.25, -0.2) is 10.8 Å². The Morgan fingerprint density at radius 1 is 1.29 bits per heavy atom. The number of nitrogens with zero attached hydrogens (tertiary/aromatic N) is 1. The summed E-state index contributed by atoms with van der Waals surface area (Å²) in [5, 5.41) is 3.01. The number of nitrogens with one attached hydrogen (secondary N) is 2. The van der Waals surface area contributed by atoms with Crippen molar-refractivity contribution >= 4 is 5.96 Å². The molecule has 0 rings (SSSR count). The fourth-order valence-electron chi connectivity index (χ4n) is 1.07. The molecule has 0 saturated carbocycles. The number of guanidine groups is 1. The van der Waals surface area contributed by atoms with Crippen molar-refractivity contribution in [2.45, 2.75) is 20.3 Å². The molecule has 0 aromatic heterocycles. The van der Waals surface area contributed by atoms with E-state index in [9.17, 15) is 0 Å². The van der Waals surface area contributed by atoms with Crippen LogP contribution in [0.4, 0.5) is 0 Å². The predicted octanol–water partition coefficient (Wildman–Crippen LogP) is 0.104. The van der Waals surface area contributed by atoms with Crippen LogP contribution in [0.5, 0.6) is 0 Å². The SMILES string of the molecule is COCCNC(=NCCOCCC(C)C)NN. The number of hydrogen-bond acceptors (Lipinski definition) is 4. The molecule has 0 saturated heterocycles. The lowest BCUT2D eigenvalue weighted by Gasteiger charge is -2.09. The predicted molar refractivity (Wildman–Crippen MR) is 69.8 cm³/mol. The van der Waals surface area contributed by atoms with Gasteiger partial charge in [0.25, 0.3) is 0 Å². The Labute approximate surface area is 104 Å². The van der Waals surface area contributed by atoms with Crippen LogP contribution in [0.1, 0.15) is 20.3 Å². The van der Waals surface area contributed by atoms with Gasteiger partial charge in [-0.3, -0.25) is 5.43 Å². The van der Waals surface area contributed by atoms with Gasteiger partial charge < -0.3 is 14.8 Å². The van der Waals surface area contributed by atoms with Gasteiger partial charge in [-0.1, -0.05) is 13.8 Å². The molecule has 17 heavy (non-hydrogen) atoms. The van der Waals surface area contributed by atoms with E-state index in [4.69, 9.17) is 15.3 Å². The van der Waals surface area contributed by atoms with Crippen LogP contribution in [0.25, 0.3) is 0 Å². The fraction of sp³-hybridized carbons (Fsp3) is 0.909. The standard InChI is InChI=1S/C11H26N4O2/c1-10(2)4-7-17-9-6-14-11(15-12)13-5-8-16-3/h10H,4-9,12H2,1-3H3,(H2,13,14,15). The van der Waals surface area contributed by atoms with Crippen molar-refractivity contribution in [1.82, 2.24) is 10.7 Å². The van der Waals surface area contributed by atoms with E-state index in [-0.39, 0.29) is 0 Å². The molecule has 0 spiro atoms. The summed E-state index contributed by atoms with van der Waals surface area (Å²) >= 11 is 0. The van der Waals surface area contributed by atoms with Gasteiger partial charge in [0.2, 0.25) is 5.96 Å². The van der Waals surface area contributed by atoms with Gasteiger partial charge in [0, 0.05) is 20.3 Å². The Morgan fingerprint density at radius 2 is 2.06 bits per heavy atom. The molecule has 0 aromatic rings. The molecule has 0 radical (unpaired) electrons. The number of ether oxygens (including phenoxy) is 2. The van der Waals surface area contributed by atoms with E-state index < -0.39 is 0 Å². The normalized spacial score (nSPS) is 11.9. The molecule has 102 valence electrons. The van der Waals surface area contributed by atoms with Gasteiger partial charge in [-0.05, 0) is 12.3 Å². The molecule has 0 amide bonds. The highest BCUT2D eigenvalue weighted by molar-refractivity contribution is 5.79. The highest BCUT2D eigenvalue weighted by Gasteiger charge is 1.95. The van der Waals surface area contributed by atoms with Crippen molar-refractivity contribution in [2.75, 3.05) is 40.0 Å². The van der Waals surface area contributed by atoms with Crippen molar-refractivity contribution in [1.29, 1.82) is 0 Å². The largest absolute Gasteiger partial charge is 0.383 e. The number of rotatable bonds is 9. The van der Waals surface area contributed by atoms with Crippen LogP contribution in [0.15, 0.2) is 4.99 Å². The first-order valence-corrected chi connectivity index (χ1v) is 6.02. The van der Waals surface area contributed by atoms with Crippen LogP contribution in [0.2, 0.25) is 0 Å². The zero-order valence-corrected chi connectivity index (χ0v) is 11.2. The number of aliphatic imine (C=N–C) groups is 1. The van der Waals surface area contributed by atoms with E-state index in [0.29, 0.717) is 38.2 Å². The number of hydrogen-bond donors (Lipinski definition) is 3. The van der Waals surface area contributed by atoms with Crippen molar-refractivity contribution < 1.29 is 9.47 Å². The summed E-state index contributed by atoms with van der Waals surface area (Å²) in [5.41, 5.74) is 2.50. The zero-order valence-electron chi connectivity index (χ0n) is 11.2. The molecule has 0 bridgehead atoms. The van der Waals surface area contributed by atoms with Gasteiger partial charge in [-0.2, -0.15) is 0 Å². The Bertz CT molecular complexity index is 198. The maximum absolute atomic E-state index is 5.44. The first-order chi connectivity index (χ1) is 8.20. The third-order valence-corrected chi connectivity index (χ3v) is 2.08. The van der Waals surface area contributed by atoms with Gasteiger partial charge in [0.15, 0.2) is 0 Å². The number of hydrazine groups is 1. The second kappa shape index (κ2) is 11.6. The molecule has 6 nitrogen and oxygen atoms in total. The summed E-state index contributed by atoms with van der Waals surface area (Å²) < 4.78 is 10.3. The van der Waals surface area contributed by atoms with Gasteiger partial charge in [0.05, 0.1) is 19.8 Å². The van der Waals surface area contributed by atoms with Crippen LogP contribution >= 0.6 is 0 Å². The molecule has 0 aliphatic carbocycles. The maximum Gasteiger partial charge on any atom is 0.205 e.